The summed E-state index contributed by atoms with van der Waals surface area (Å²) in [6, 6.07) is 15.4. The van der Waals surface area contributed by atoms with Crippen LogP contribution in [0.25, 0.3) is 5.69 Å². The van der Waals surface area contributed by atoms with Crippen molar-refractivity contribution in [2.24, 2.45) is 0 Å². The number of ether oxygens (including phenoxy) is 1. The molecule has 1 aromatic heterocycles. The van der Waals surface area contributed by atoms with Crippen LogP contribution in [0.3, 0.4) is 0 Å². The molecule has 2 heterocycles. The molecule has 7 heteroatoms. The van der Waals surface area contributed by atoms with Crippen LogP contribution in [-0.2, 0) is 4.79 Å². The van der Waals surface area contributed by atoms with Crippen LogP contribution in [0.2, 0.25) is 5.02 Å². The van der Waals surface area contributed by atoms with Crippen molar-refractivity contribution in [2.45, 2.75) is 6.92 Å². The molecule has 29 heavy (non-hydrogen) atoms. The van der Waals surface area contributed by atoms with Crippen LogP contribution in [0.15, 0.2) is 60.9 Å². The number of imidazole rings is 1. The molecule has 2 aromatic carbocycles. The lowest BCUT2D eigenvalue weighted by Gasteiger charge is -2.35. The standard InChI is InChI=1S/C22H23ClN4O2/c1-17-5-7-20(8-6-17)29-16-21(28)25-11-13-26(14-12-25)22-24-9-10-27(22)19-4-2-3-18(23)15-19/h2-10,15H,11-14,16H2,1H3. The van der Waals surface area contributed by atoms with Crippen molar-refractivity contribution < 1.29 is 9.53 Å². The molecule has 1 aliphatic heterocycles. The maximum absolute atomic E-state index is 12.5. The molecule has 0 unspecified atom stereocenters. The summed E-state index contributed by atoms with van der Waals surface area (Å²) < 4.78 is 7.65. The number of halogens is 1. The normalized spacial score (nSPS) is 14.1. The third-order valence-electron chi connectivity index (χ3n) is 5.01. The summed E-state index contributed by atoms with van der Waals surface area (Å²) in [6.07, 6.45) is 3.71. The van der Waals surface area contributed by atoms with Gasteiger partial charge >= 0.3 is 0 Å². The van der Waals surface area contributed by atoms with Gasteiger partial charge in [-0.05, 0) is 37.3 Å². The third-order valence-corrected chi connectivity index (χ3v) is 5.24. The van der Waals surface area contributed by atoms with E-state index < -0.39 is 0 Å². The van der Waals surface area contributed by atoms with Crippen LogP contribution >= 0.6 is 11.6 Å². The number of carbonyl (C=O) groups excluding carboxylic acids is 1. The van der Waals surface area contributed by atoms with Gasteiger partial charge in [0.05, 0.1) is 0 Å². The van der Waals surface area contributed by atoms with E-state index in [1.54, 1.807) is 6.20 Å². The Morgan fingerprint density at radius 1 is 1.10 bits per heavy atom. The minimum atomic E-state index is 0.00316. The van der Waals surface area contributed by atoms with E-state index in [2.05, 4.69) is 9.88 Å². The predicted octanol–water partition coefficient (Wildman–Crippen LogP) is 3.56. The van der Waals surface area contributed by atoms with Crippen molar-refractivity contribution in [1.82, 2.24) is 14.5 Å². The van der Waals surface area contributed by atoms with E-state index in [1.807, 2.05) is 71.1 Å². The first-order valence-corrected chi connectivity index (χ1v) is 9.99. The Balaban J connectivity index is 1.34. The Kier molecular flexibility index (Phi) is 5.71. The number of anilines is 1. The first-order chi connectivity index (χ1) is 14.1. The SMILES string of the molecule is Cc1ccc(OCC(=O)N2CCN(c3nccn3-c3cccc(Cl)c3)CC2)cc1. The molecule has 1 aliphatic rings. The molecule has 4 rings (SSSR count). The van der Waals surface area contributed by atoms with Crippen molar-refractivity contribution in [3.63, 3.8) is 0 Å². The number of aryl methyl sites for hydroxylation is 1. The van der Waals surface area contributed by atoms with Gasteiger partial charge in [-0.15, -0.1) is 0 Å². The summed E-state index contributed by atoms with van der Waals surface area (Å²) in [5.74, 6) is 1.57. The van der Waals surface area contributed by atoms with Gasteiger partial charge in [0.2, 0.25) is 5.95 Å². The number of hydrogen-bond donors (Lipinski definition) is 0. The fourth-order valence-electron chi connectivity index (χ4n) is 3.38. The zero-order valence-electron chi connectivity index (χ0n) is 16.3. The van der Waals surface area contributed by atoms with Gasteiger partial charge in [0, 0.05) is 49.3 Å². The average Bonchev–Trinajstić information content (AvgIpc) is 3.23. The van der Waals surface area contributed by atoms with Gasteiger partial charge in [-0.2, -0.15) is 0 Å². The predicted molar refractivity (Wildman–Crippen MR) is 114 cm³/mol. The van der Waals surface area contributed by atoms with Crippen LogP contribution in [0.5, 0.6) is 5.75 Å². The Morgan fingerprint density at radius 3 is 2.59 bits per heavy atom. The van der Waals surface area contributed by atoms with Gasteiger partial charge < -0.3 is 14.5 Å². The summed E-state index contributed by atoms with van der Waals surface area (Å²) in [5, 5.41) is 0.686. The molecule has 6 nitrogen and oxygen atoms in total. The number of aromatic nitrogens is 2. The van der Waals surface area contributed by atoms with Crippen LogP contribution in [0.1, 0.15) is 5.56 Å². The highest BCUT2D eigenvalue weighted by Gasteiger charge is 2.24. The summed E-state index contributed by atoms with van der Waals surface area (Å²) in [5.41, 5.74) is 2.13. The van der Waals surface area contributed by atoms with Crippen molar-refractivity contribution in [3.05, 3.63) is 71.5 Å². The van der Waals surface area contributed by atoms with Gasteiger partial charge in [0.25, 0.3) is 5.91 Å². The molecule has 0 atom stereocenters. The molecular weight excluding hydrogens is 388 g/mol. The molecular formula is C22H23ClN4O2. The van der Waals surface area contributed by atoms with Crippen LogP contribution in [0, 0.1) is 6.92 Å². The quantitative estimate of drug-likeness (QED) is 0.645. The molecule has 3 aromatic rings. The number of carbonyl (C=O) groups is 1. The van der Waals surface area contributed by atoms with Gasteiger partial charge in [0.15, 0.2) is 6.61 Å². The number of piperazine rings is 1. The zero-order valence-corrected chi connectivity index (χ0v) is 17.0. The van der Waals surface area contributed by atoms with Crippen molar-refractivity contribution in [2.75, 3.05) is 37.7 Å². The average molecular weight is 411 g/mol. The number of rotatable bonds is 5. The molecule has 150 valence electrons. The van der Waals surface area contributed by atoms with Crippen LogP contribution < -0.4 is 9.64 Å². The zero-order chi connectivity index (χ0) is 20.2. The van der Waals surface area contributed by atoms with E-state index in [0.717, 1.165) is 17.2 Å². The Bertz CT molecular complexity index is 978. The minimum absolute atomic E-state index is 0.00316. The lowest BCUT2D eigenvalue weighted by Crippen LogP contribution is -2.50. The van der Waals surface area contributed by atoms with Crippen LogP contribution in [-0.4, -0.2) is 53.1 Å². The number of amides is 1. The molecule has 0 saturated carbocycles. The summed E-state index contributed by atoms with van der Waals surface area (Å²) in [7, 11) is 0. The van der Waals surface area contributed by atoms with Crippen LogP contribution in [0.4, 0.5) is 5.95 Å². The van der Waals surface area contributed by atoms with Gasteiger partial charge in [-0.3, -0.25) is 9.36 Å². The van der Waals surface area contributed by atoms with Crippen molar-refractivity contribution >= 4 is 23.5 Å². The summed E-state index contributed by atoms with van der Waals surface area (Å²) in [4.78, 5) is 21.1. The monoisotopic (exact) mass is 410 g/mol. The van der Waals surface area contributed by atoms with E-state index in [0.29, 0.717) is 37.0 Å². The highest BCUT2D eigenvalue weighted by Crippen LogP contribution is 2.22. The lowest BCUT2D eigenvalue weighted by atomic mass is 10.2. The summed E-state index contributed by atoms with van der Waals surface area (Å²) >= 11 is 6.13. The topological polar surface area (TPSA) is 50.6 Å². The first kappa shape index (κ1) is 19.3. The van der Waals surface area contributed by atoms with E-state index in [1.165, 1.54) is 0 Å². The van der Waals surface area contributed by atoms with Gasteiger partial charge in [-0.25, -0.2) is 4.98 Å². The van der Waals surface area contributed by atoms with E-state index in [4.69, 9.17) is 16.3 Å². The summed E-state index contributed by atoms with van der Waals surface area (Å²) in [6.45, 7) is 4.78. The molecule has 0 spiro atoms. The number of hydrogen-bond acceptors (Lipinski definition) is 4. The molecule has 0 bridgehead atoms. The van der Waals surface area contributed by atoms with Crippen molar-refractivity contribution in [3.8, 4) is 11.4 Å². The lowest BCUT2D eigenvalue weighted by molar-refractivity contribution is -0.133. The highest BCUT2D eigenvalue weighted by atomic mass is 35.5. The Labute approximate surface area is 175 Å². The minimum Gasteiger partial charge on any atom is -0.484 e. The highest BCUT2D eigenvalue weighted by molar-refractivity contribution is 6.30. The van der Waals surface area contributed by atoms with E-state index in [-0.39, 0.29) is 12.5 Å². The molecule has 1 amide bonds. The Hall–Kier alpha value is -2.99. The maximum atomic E-state index is 12.5. The van der Waals surface area contributed by atoms with Crippen molar-refractivity contribution in [1.29, 1.82) is 0 Å². The number of benzene rings is 2. The first-order valence-electron chi connectivity index (χ1n) is 9.61. The van der Waals surface area contributed by atoms with E-state index >= 15 is 0 Å². The van der Waals surface area contributed by atoms with Gasteiger partial charge in [0.1, 0.15) is 5.75 Å². The second-order valence-corrected chi connectivity index (χ2v) is 7.48. The molecule has 1 saturated heterocycles. The third kappa shape index (κ3) is 4.54. The Morgan fingerprint density at radius 2 is 1.86 bits per heavy atom. The fourth-order valence-corrected chi connectivity index (χ4v) is 3.57. The number of nitrogens with zero attached hydrogens (tertiary/aromatic N) is 4. The molecule has 0 aliphatic carbocycles. The molecule has 1 fully saturated rings. The largest absolute Gasteiger partial charge is 0.484 e. The second-order valence-electron chi connectivity index (χ2n) is 7.05. The second kappa shape index (κ2) is 8.57. The maximum Gasteiger partial charge on any atom is 0.260 e. The molecule has 0 N–H and O–H groups in total. The fraction of sp³-hybridized carbons (Fsp3) is 0.273. The van der Waals surface area contributed by atoms with E-state index in [9.17, 15) is 4.79 Å². The van der Waals surface area contributed by atoms with Gasteiger partial charge in [-0.1, -0.05) is 35.4 Å². The smallest absolute Gasteiger partial charge is 0.260 e. The molecule has 0 radical (unpaired) electrons.